The van der Waals surface area contributed by atoms with Gasteiger partial charge in [-0.05, 0) is 68.3 Å². The minimum Gasteiger partial charge on any atom is -0.497 e. The Hall–Kier alpha value is -2.74. The fourth-order valence-electron chi connectivity index (χ4n) is 2.40. The molecule has 2 N–H and O–H groups in total. The lowest BCUT2D eigenvalue weighted by atomic mass is 10.1. The van der Waals surface area contributed by atoms with E-state index in [4.69, 9.17) is 14.2 Å². The van der Waals surface area contributed by atoms with Crippen molar-refractivity contribution in [2.24, 2.45) is 0 Å². The quantitative estimate of drug-likeness (QED) is 0.633. The van der Waals surface area contributed by atoms with E-state index in [1.54, 1.807) is 38.3 Å². The van der Waals surface area contributed by atoms with Crippen LogP contribution >= 0.6 is 15.9 Å². The lowest BCUT2D eigenvalue weighted by molar-refractivity contribution is -0.133. The lowest BCUT2D eigenvalue weighted by Crippen LogP contribution is -2.48. The van der Waals surface area contributed by atoms with Crippen LogP contribution in [0.5, 0.6) is 17.2 Å². The van der Waals surface area contributed by atoms with Gasteiger partial charge >= 0.3 is 0 Å². The van der Waals surface area contributed by atoms with E-state index in [1.807, 2.05) is 26.0 Å². The number of halogens is 1. The van der Waals surface area contributed by atoms with Crippen molar-refractivity contribution in [2.45, 2.75) is 26.9 Å². The molecule has 0 saturated carbocycles. The van der Waals surface area contributed by atoms with Gasteiger partial charge in [0.25, 0.3) is 11.8 Å². The van der Waals surface area contributed by atoms with E-state index in [0.717, 1.165) is 15.6 Å². The van der Waals surface area contributed by atoms with Crippen molar-refractivity contribution in [1.29, 1.82) is 0 Å². The third-order valence-electron chi connectivity index (χ3n) is 3.84. The van der Waals surface area contributed by atoms with Crippen LogP contribution in [0.25, 0.3) is 0 Å². The van der Waals surface area contributed by atoms with Crippen LogP contribution in [0, 0.1) is 13.8 Å². The van der Waals surface area contributed by atoms with Gasteiger partial charge in [0.2, 0.25) is 0 Å². The molecule has 28 heavy (non-hydrogen) atoms. The lowest BCUT2D eigenvalue weighted by Gasteiger charge is -2.18. The van der Waals surface area contributed by atoms with E-state index >= 15 is 0 Å². The molecular formula is C20H23BrN2O5. The van der Waals surface area contributed by atoms with Gasteiger partial charge in [0.05, 0.1) is 7.11 Å². The van der Waals surface area contributed by atoms with Gasteiger partial charge in [-0.25, -0.2) is 0 Å². The number of nitrogens with one attached hydrogen (secondary N) is 2. The van der Waals surface area contributed by atoms with Gasteiger partial charge in [-0.15, -0.1) is 0 Å². The summed E-state index contributed by atoms with van der Waals surface area (Å²) in [6, 6.07) is 10.6. The Morgan fingerprint density at radius 1 is 1.04 bits per heavy atom. The summed E-state index contributed by atoms with van der Waals surface area (Å²) in [6.07, 6.45) is -0.790. The van der Waals surface area contributed by atoms with Crippen molar-refractivity contribution in [2.75, 3.05) is 13.7 Å². The second-order valence-electron chi connectivity index (χ2n) is 6.13. The molecule has 2 aromatic rings. The highest BCUT2D eigenvalue weighted by molar-refractivity contribution is 9.10. The highest BCUT2D eigenvalue weighted by Crippen LogP contribution is 2.28. The standard InChI is InChI=1S/C20H23BrN2O5/c1-12-9-15(21)10-13(2)19(12)28-14(3)20(25)23-22-18(24)11-27-17-7-5-16(26-4)6-8-17/h5-10,14H,11H2,1-4H3,(H,22,24)(H,23,25). The summed E-state index contributed by atoms with van der Waals surface area (Å²) in [4.78, 5) is 24.0. The number of hydrogen-bond acceptors (Lipinski definition) is 5. The number of hydrazine groups is 1. The zero-order valence-electron chi connectivity index (χ0n) is 16.2. The zero-order chi connectivity index (χ0) is 20.7. The number of carbonyl (C=O) groups is 2. The Bertz CT molecular complexity index is 816. The first kappa shape index (κ1) is 21.6. The Kier molecular flexibility index (Phi) is 7.69. The number of ether oxygens (including phenoxy) is 3. The van der Waals surface area contributed by atoms with Crippen LogP contribution in [0.4, 0.5) is 0 Å². The fourth-order valence-corrected chi connectivity index (χ4v) is 3.09. The third-order valence-corrected chi connectivity index (χ3v) is 4.30. The maximum absolute atomic E-state index is 12.2. The molecule has 0 radical (unpaired) electrons. The van der Waals surface area contributed by atoms with Crippen molar-refractivity contribution in [1.82, 2.24) is 10.9 Å². The van der Waals surface area contributed by atoms with E-state index in [-0.39, 0.29) is 6.61 Å². The van der Waals surface area contributed by atoms with E-state index in [2.05, 4.69) is 26.8 Å². The van der Waals surface area contributed by atoms with Crippen LogP contribution in [0.15, 0.2) is 40.9 Å². The SMILES string of the molecule is COc1ccc(OCC(=O)NNC(=O)C(C)Oc2c(C)cc(Br)cc2C)cc1. The molecule has 8 heteroatoms. The predicted octanol–water partition coefficient (Wildman–Crippen LogP) is 3.07. The maximum atomic E-state index is 12.2. The van der Waals surface area contributed by atoms with Crippen molar-refractivity contribution >= 4 is 27.7 Å². The van der Waals surface area contributed by atoms with E-state index in [1.165, 1.54) is 0 Å². The predicted molar refractivity (Wildman–Crippen MR) is 108 cm³/mol. The monoisotopic (exact) mass is 450 g/mol. The first-order valence-electron chi connectivity index (χ1n) is 8.59. The molecule has 150 valence electrons. The number of hydrogen-bond donors (Lipinski definition) is 2. The highest BCUT2D eigenvalue weighted by atomic mass is 79.9. The molecule has 1 unspecified atom stereocenters. The highest BCUT2D eigenvalue weighted by Gasteiger charge is 2.18. The molecule has 0 aliphatic rings. The summed E-state index contributed by atoms with van der Waals surface area (Å²) >= 11 is 3.42. The molecule has 0 spiro atoms. The maximum Gasteiger partial charge on any atom is 0.279 e. The number of amides is 2. The number of benzene rings is 2. The summed E-state index contributed by atoms with van der Waals surface area (Å²) in [5.41, 5.74) is 6.45. The molecule has 7 nitrogen and oxygen atoms in total. The second kappa shape index (κ2) is 9.98. The first-order valence-corrected chi connectivity index (χ1v) is 9.38. The summed E-state index contributed by atoms with van der Waals surface area (Å²) in [6.45, 7) is 5.16. The third kappa shape index (κ3) is 6.16. The van der Waals surface area contributed by atoms with E-state index in [0.29, 0.717) is 17.2 Å². The van der Waals surface area contributed by atoms with Crippen LogP contribution in [0.1, 0.15) is 18.1 Å². The Labute approximate surface area is 172 Å². The zero-order valence-corrected chi connectivity index (χ0v) is 17.8. The molecule has 0 heterocycles. The van der Waals surface area contributed by atoms with Gasteiger partial charge in [-0.3, -0.25) is 20.4 Å². The Balaban J connectivity index is 1.79. The van der Waals surface area contributed by atoms with Gasteiger partial charge in [0.15, 0.2) is 12.7 Å². The van der Waals surface area contributed by atoms with Gasteiger partial charge in [0.1, 0.15) is 17.2 Å². The number of rotatable bonds is 7. The molecule has 0 fully saturated rings. The average Bonchev–Trinajstić information content (AvgIpc) is 2.67. The molecule has 1 atom stereocenters. The first-order chi connectivity index (χ1) is 13.3. The molecular weight excluding hydrogens is 428 g/mol. The van der Waals surface area contributed by atoms with E-state index < -0.39 is 17.9 Å². The van der Waals surface area contributed by atoms with Crippen LogP contribution in [0.2, 0.25) is 0 Å². The topological polar surface area (TPSA) is 85.9 Å². The molecule has 2 amide bonds. The minimum absolute atomic E-state index is 0.243. The summed E-state index contributed by atoms with van der Waals surface area (Å²) in [5, 5.41) is 0. The van der Waals surface area contributed by atoms with E-state index in [9.17, 15) is 9.59 Å². The Morgan fingerprint density at radius 3 is 2.18 bits per heavy atom. The number of carbonyl (C=O) groups excluding carboxylic acids is 2. The largest absolute Gasteiger partial charge is 0.497 e. The average molecular weight is 451 g/mol. The van der Waals surface area contributed by atoms with Gasteiger partial charge in [-0.2, -0.15) is 0 Å². The smallest absolute Gasteiger partial charge is 0.279 e. The summed E-state index contributed by atoms with van der Waals surface area (Å²) < 4.78 is 17.1. The van der Waals surface area contributed by atoms with Gasteiger partial charge in [-0.1, -0.05) is 15.9 Å². The Morgan fingerprint density at radius 2 is 1.61 bits per heavy atom. The second-order valence-corrected chi connectivity index (χ2v) is 7.05. The molecule has 2 rings (SSSR count). The van der Waals surface area contributed by atoms with Crippen molar-refractivity contribution in [3.05, 3.63) is 52.0 Å². The summed E-state index contributed by atoms with van der Waals surface area (Å²) in [7, 11) is 1.57. The van der Waals surface area contributed by atoms with Crippen molar-refractivity contribution in [3.8, 4) is 17.2 Å². The van der Waals surface area contributed by atoms with Crippen LogP contribution < -0.4 is 25.1 Å². The molecule has 0 aliphatic carbocycles. The summed E-state index contributed by atoms with van der Waals surface area (Å²) in [5.74, 6) is 0.876. The van der Waals surface area contributed by atoms with Crippen molar-refractivity contribution in [3.63, 3.8) is 0 Å². The molecule has 0 bridgehead atoms. The molecule has 2 aromatic carbocycles. The van der Waals surface area contributed by atoms with Gasteiger partial charge in [0, 0.05) is 4.47 Å². The van der Waals surface area contributed by atoms with Crippen LogP contribution in [-0.2, 0) is 9.59 Å². The number of methoxy groups -OCH3 is 1. The molecule has 0 aliphatic heterocycles. The molecule has 0 aromatic heterocycles. The van der Waals surface area contributed by atoms with Crippen molar-refractivity contribution < 1.29 is 23.8 Å². The molecule has 0 saturated heterocycles. The fraction of sp³-hybridized carbons (Fsp3) is 0.300. The normalized spacial score (nSPS) is 11.3. The number of aryl methyl sites for hydroxylation is 2. The van der Waals surface area contributed by atoms with Crippen LogP contribution in [-0.4, -0.2) is 31.6 Å². The van der Waals surface area contributed by atoms with Crippen LogP contribution in [0.3, 0.4) is 0 Å². The minimum atomic E-state index is -0.790. The van der Waals surface area contributed by atoms with Gasteiger partial charge < -0.3 is 14.2 Å².